The summed E-state index contributed by atoms with van der Waals surface area (Å²) in [6.45, 7) is 8.33. The molecular weight excluding hydrogens is 264 g/mol. The number of hydrogen-bond donors (Lipinski definition) is 1. The van der Waals surface area contributed by atoms with Gasteiger partial charge in [-0.05, 0) is 59.1 Å². The number of nitrogens with one attached hydrogen (secondary N) is 1. The summed E-state index contributed by atoms with van der Waals surface area (Å²) in [6, 6.07) is 2.37. The SMILES string of the molecule is CC(C)n1nccc1C(=O)N1CCC[C@]2(C)NCCC[C@@H]12. The molecule has 0 spiro atoms. The normalized spacial score (nSPS) is 29.5. The van der Waals surface area contributed by atoms with Gasteiger partial charge >= 0.3 is 0 Å². The van der Waals surface area contributed by atoms with Crippen LogP contribution in [0.25, 0.3) is 0 Å². The number of carbonyl (C=O) groups is 1. The van der Waals surface area contributed by atoms with Crippen molar-refractivity contribution in [2.24, 2.45) is 0 Å². The summed E-state index contributed by atoms with van der Waals surface area (Å²) in [7, 11) is 0. The maximum absolute atomic E-state index is 13.0. The molecule has 1 amide bonds. The zero-order chi connectivity index (χ0) is 15.0. The molecule has 0 bridgehead atoms. The fourth-order valence-electron chi connectivity index (χ4n) is 3.92. The van der Waals surface area contributed by atoms with Crippen LogP contribution < -0.4 is 5.32 Å². The summed E-state index contributed by atoms with van der Waals surface area (Å²) in [4.78, 5) is 15.1. The average molecular weight is 290 g/mol. The number of fused-ring (bicyclic) bond motifs is 1. The van der Waals surface area contributed by atoms with Crippen LogP contribution >= 0.6 is 0 Å². The van der Waals surface area contributed by atoms with Crippen molar-refractivity contribution in [2.75, 3.05) is 13.1 Å². The third kappa shape index (κ3) is 2.48. The van der Waals surface area contributed by atoms with E-state index in [1.807, 2.05) is 10.7 Å². The third-order valence-electron chi connectivity index (χ3n) is 5.03. The van der Waals surface area contributed by atoms with E-state index in [9.17, 15) is 4.79 Å². The number of nitrogens with zero attached hydrogens (tertiary/aromatic N) is 3. The third-order valence-corrected chi connectivity index (χ3v) is 5.03. The zero-order valence-electron chi connectivity index (χ0n) is 13.3. The lowest BCUT2D eigenvalue weighted by Crippen LogP contribution is -2.66. The average Bonchev–Trinajstić information content (AvgIpc) is 2.94. The van der Waals surface area contributed by atoms with Gasteiger partial charge in [0.15, 0.2) is 0 Å². The molecular formula is C16H26N4O. The highest BCUT2D eigenvalue weighted by Crippen LogP contribution is 2.34. The van der Waals surface area contributed by atoms with Crippen LogP contribution in [0.3, 0.4) is 0 Å². The van der Waals surface area contributed by atoms with E-state index in [0.717, 1.165) is 44.5 Å². The molecule has 1 N–H and O–H groups in total. The predicted octanol–water partition coefficient (Wildman–Crippen LogP) is 2.21. The molecule has 1 aromatic heterocycles. The minimum atomic E-state index is 0.0782. The summed E-state index contributed by atoms with van der Waals surface area (Å²) in [5, 5.41) is 7.96. The highest BCUT2D eigenvalue weighted by atomic mass is 16.2. The minimum absolute atomic E-state index is 0.0782. The second kappa shape index (κ2) is 5.44. The number of piperidine rings is 2. The highest BCUT2D eigenvalue weighted by molar-refractivity contribution is 5.93. The second-order valence-electron chi connectivity index (χ2n) is 6.86. The van der Waals surface area contributed by atoms with E-state index in [-0.39, 0.29) is 17.5 Å². The van der Waals surface area contributed by atoms with E-state index in [4.69, 9.17) is 0 Å². The first kappa shape index (κ1) is 14.6. The predicted molar refractivity (Wildman–Crippen MR) is 82.3 cm³/mol. The van der Waals surface area contributed by atoms with E-state index < -0.39 is 0 Å². The molecule has 2 fully saturated rings. The minimum Gasteiger partial charge on any atom is -0.332 e. The van der Waals surface area contributed by atoms with E-state index in [1.54, 1.807) is 6.20 Å². The maximum atomic E-state index is 13.0. The van der Waals surface area contributed by atoms with Gasteiger partial charge in [0, 0.05) is 30.4 Å². The Morgan fingerprint density at radius 1 is 1.48 bits per heavy atom. The summed E-state index contributed by atoms with van der Waals surface area (Å²) < 4.78 is 1.84. The van der Waals surface area contributed by atoms with Crippen molar-refractivity contribution in [1.82, 2.24) is 20.0 Å². The molecule has 3 rings (SSSR count). The molecule has 3 heterocycles. The lowest BCUT2D eigenvalue weighted by atomic mass is 9.77. The van der Waals surface area contributed by atoms with Crippen molar-refractivity contribution >= 4 is 5.91 Å². The molecule has 2 saturated heterocycles. The fourth-order valence-corrected chi connectivity index (χ4v) is 3.92. The largest absolute Gasteiger partial charge is 0.332 e. The number of hydrogen-bond acceptors (Lipinski definition) is 3. The van der Waals surface area contributed by atoms with Crippen LogP contribution in [0.2, 0.25) is 0 Å². The lowest BCUT2D eigenvalue weighted by molar-refractivity contribution is 0.0242. The Balaban J connectivity index is 1.88. The Hall–Kier alpha value is -1.36. The number of aromatic nitrogens is 2. The van der Waals surface area contributed by atoms with Crippen LogP contribution in [-0.4, -0.2) is 45.3 Å². The van der Waals surface area contributed by atoms with Gasteiger partial charge in [0.2, 0.25) is 0 Å². The number of likely N-dealkylation sites (tertiary alicyclic amines) is 1. The molecule has 2 atom stereocenters. The summed E-state index contributed by atoms with van der Waals surface area (Å²) in [5.41, 5.74) is 0.800. The van der Waals surface area contributed by atoms with Gasteiger partial charge in [-0.2, -0.15) is 5.10 Å². The summed E-state index contributed by atoms with van der Waals surface area (Å²) in [5.74, 6) is 0.140. The first-order valence-corrected chi connectivity index (χ1v) is 8.12. The molecule has 1 aromatic rings. The summed E-state index contributed by atoms with van der Waals surface area (Å²) in [6.07, 6.45) is 6.21. The molecule has 2 aliphatic heterocycles. The van der Waals surface area contributed by atoms with Crippen LogP contribution in [0, 0.1) is 0 Å². The highest BCUT2D eigenvalue weighted by Gasteiger charge is 2.44. The molecule has 21 heavy (non-hydrogen) atoms. The quantitative estimate of drug-likeness (QED) is 0.908. The van der Waals surface area contributed by atoms with Gasteiger partial charge in [-0.3, -0.25) is 9.48 Å². The van der Waals surface area contributed by atoms with Gasteiger partial charge in [0.05, 0.1) is 0 Å². The van der Waals surface area contributed by atoms with Gasteiger partial charge in [-0.25, -0.2) is 0 Å². The van der Waals surface area contributed by atoms with Crippen LogP contribution in [0.1, 0.15) is 63.0 Å². The Morgan fingerprint density at radius 2 is 2.29 bits per heavy atom. The van der Waals surface area contributed by atoms with Gasteiger partial charge in [-0.1, -0.05) is 0 Å². The first-order valence-electron chi connectivity index (χ1n) is 8.12. The maximum Gasteiger partial charge on any atom is 0.272 e. The van der Waals surface area contributed by atoms with E-state index >= 15 is 0 Å². The van der Waals surface area contributed by atoms with Crippen molar-refractivity contribution in [3.63, 3.8) is 0 Å². The van der Waals surface area contributed by atoms with E-state index in [1.165, 1.54) is 0 Å². The van der Waals surface area contributed by atoms with Crippen molar-refractivity contribution in [2.45, 2.75) is 64.1 Å². The second-order valence-corrected chi connectivity index (χ2v) is 6.86. The number of carbonyl (C=O) groups excluding carboxylic acids is 1. The van der Waals surface area contributed by atoms with Crippen LogP contribution in [0.5, 0.6) is 0 Å². The molecule has 0 aliphatic carbocycles. The Labute approximate surface area is 126 Å². The molecule has 5 heteroatoms. The number of rotatable bonds is 2. The molecule has 116 valence electrons. The van der Waals surface area contributed by atoms with Crippen molar-refractivity contribution in [1.29, 1.82) is 0 Å². The van der Waals surface area contributed by atoms with Gasteiger partial charge in [-0.15, -0.1) is 0 Å². The molecule has 2 aliphatic rings. The standard InChI is InChI=1S/C16H26N4O/c1-12(2)20-13(7-10-18-20)15(21)19-11-5-8-16(3)14(19)6-4-9-17-16/h7,10,12,14,17H,4-6,8-9,11H2,1-3H3/t14-,16+/m1/s1. The van der Waals surface area contributed by atoms with Crippen LogP contribution in [-0.2, 0) is 0 Å². The Bertz CT molecular complexity index is 520. The van der Waals surface area contributed by atoms with Crippen LogP contribution in [0.15, 0.2) is 12.3 Å². The molecule has 5 nitrogen and oxygen atoms in total. The molecule has 0 unspecified atom stereocenters. The van der Waals surface area contributed by atoms with Gasteiger partial charge < -0.3 is 10.2 Å². The fraction of sp³-hybridized carbons (Fsp3) is 0.750. The van der Waals surface area contributed by atoms with Gasteiger partial charge in [0.1, 0.15) is 5.69 Å². The molecule has 0 radical (unpaired) electrons. The van der Waals surface area contributed by atoms with Crippen molar-refractivity contribution < 1.29 is 4.79 Å². The van der Waals surface area contributed by atoms with Crippen molar-refractivity contribution in [3.05, 3.63) is 18.0 Å². The first-order chi connectivity index (χ1) is 10.0. The summed E-state index contributed by atoms with van der Waals surface area (Å²) >= 11 is 0. The number of amides is 1. The van der Waals surface area contributed by atoms with E-state index in [0.29, 0.717) is 6.04 Å². The van der Waals surface area contributed by atoms with Crippen molar-refractivity contribution in [3.8, 4) is 0 Å². The van der Waals surface area contributed by atoms with Gasteiger partial charge in [0.25, 0.3) is 5.91 Å². The topological polar surface area (TPSA) is 50.2 Å². The monoisotopic (exact) mass is 290 g/mol. The molecule has 0 saturated carbocycles. The Kier molecular flexibility index (Phi) is 3.78. The smallest absolute Gasteiger partial charge is 0.272 e. The Morgan fingerprint density at radius 3 is 3.05 bits per heavy atom. The molecule has 0 aromatic carbocycles. The van der Waals surface area contributed by atoms with E-state index in [2.05, 4.69) is 36.1 Å². The zero-order valence-corrected chi connectivity index (χ0v) is 13.3. The van der Waals surface area contributed by atoms with Crippen LogP contribution in [0.4, 0.5) is 0 Å². The lowest BCUT2D eigenvalue weighted by Gasteiger charge is -2.51.